The van der Waals surface area contributed by atoms with Gasteiger partial charge < -0.3 is 5.32 Å². The molecule has 0 aliphatic carbocycles. The van der Waals surface area contributed by atoms with E-state index < -0.39 is 0 Å². The summed E-state index contributed by atoms with van der Waals surface area (Å²) >= 11 is 3.40. The van der Waals surface area contributed by atoms with E-state index in [4.69, 9.17) is 0 Å². The molecule has 5 heteroatoms. The number of carbonyl (C=O) groups excluding carboxylic acids is 1. The monoisotopic (exact) mass is 309 g/mol. The zero-order valence-electron chi connectivity index (χ0n) is 10.4. The van der Waals surface area contributed by atoms with Gasteiger partial charge in [0.05, 0.1) is 0 Å². The first-order chi connectivity index (χ1) is 8.56. The number of guanidine groups is 1. The van der Waals surface area contributed by atoms with Crippen LogP contribution in [0.4, 0.5) is 0 Å². The number of nitrogens with zero attached hydrogens (tertiary/aromatic N) is 1. The summed E-state index contributed by atoms with van der Waals surface area (Å²) in [5.41, 5.74) is 0.927. The Kier molecular flexibility index (Phi) is 4.01. The summed E-state index contributed by atoms with van der Waals surface area (Å²) < 4.78 is 0.960. The van der Waals surface area contributed by atoms with E-state index in [-0.39, 0.29) is 11.9 Å². The van der Waals surface area contributed by atoms with Crippen molar-refractivity contribution in [2.75, 3.05) is 6.54 Å². The minimum absolute atomic E-state index is 0.0596. The smallest absolute Gasteiger partial charge is 0.253 e. The molecule has 18 heavy (non-hydrogen) atoms. The quantitative estimate of drug-likeness (QED) is 0.899. The van der Waals surface area contributed by atoms with Crippen molar-refractivity contribution in [3.63, 3.8) is 0 Å². The van der Waals surface area contributed by atoms with Crippen molar-refractivity contribution in [1.82, 2.24) is 10.6 Å². The molecule has 0 spiro atoms. The maximum atomic E-state index is 11.9. The number of benzene rings is 1. The van der Waals surface area contributed by atoms with Crippen molar-refractivity contribution in [1.29, 1.82) is 0 Å². The van der Waals surface area contributed by atoms with Gasteiger partial charge in [0.15, 0.2) is 5.96 Å². The van der Waals surface area contributed by atoms with E-state index >= 15 is 0 Å². The molecule has 1 aromatic carbocycles. The van der Waals surface area contributed by atoms with E-state index in [0.29, 0.717) is 18.4 Å². The van der Waals surface area contributed by atoms with E-state index in [2.05, 4.69) is 45.4 Å². The molecule has 1 heterocycles. The zero-order valence-corrected chi connectivity index (χ0v) is 12.0. The van der Waals surface area contributed by atoms with Crippen LogP contribution in [0.5, 0.6) is 0 Å². The van der Waals surface area contributed by atoms with Crippen LogP contribution in [0.15, 0.2) is 33.7 Å². The number of rotatable bonds is 3. The van der Waals surface area contributed by atoms with Crippen LogP contribution < -0.4 is 10.6 Å². The first kappa shape index (κ1) is 13.1. The molecule has 4 nitrogen and oxygen atoms in total. The second kappa shape index (κ2) is 5.52. The average molecular weight is 310 g/mol. The fourth-order valence-electron chi connectivity index (χ4n) is 1.71. The Bertz CT molecular complexity index is 485. The fourth-order valence-corrected chi connectivity index (χ4v) is 2.12. The maximum Gasteiger partial charge on any atom is 0.253 e. The summed E-state index contributed by atoms with van der Waals surface area (Å²) in [5.74, 6) is 0.982. The Balaban J connectivity index is 2.12. The lowest BCUT2D eigenvalue weighted by Crippen LogP contribution is -2.26. The minimum atomic E-state index is -0.353. The fraction of sp³-hybridized carbons (Fsp3) is 0.385. The van der Waals surface area contributed by atoms with Crippen LogP contribution in [0, 0.1) is 5.92 Å². The second-order valence-electron chi connectivity index (χ2n) is 4.70. The third kappa shape index (κ3) is 3.10. The van der Waals surface area contributed by atoms with Gasteiger partial charge in [-0.25, -0.2) is 0 Å². The van der Waals surface area contributed by atoms with Gasteiger partial charge in [-0.3, -0.25) is 15.1 Å². The van der Waals surface area contributed by atoms with E-state index in [1.807, 2.05) is 24.3 Å². The van der Waals surface area contributed by atoms with E-state index in [1.54, 1.807) is 0 Å². The standard InChI is InChI=1S/C13H16BrN3O/c1-8(2)7-15-13-16-11(12(18)17-13)9-4-3-5-10(14)6-9/h3-6,8,11H,7H2,1-2H3,(H2,15,16,17,18). The van der Waals surface area contributed by atoms with Gasteiger partial charge in [0.2, 0.25) is 0 Å². The number of carbonyl (C=O) groups is 1. The number of halogens is 1. The highest BCUT2D eigenvalue weighted by Gasteiger charge is 2.29. The van der Waals surface area contributed by atoms with Crippen molar-refractivity contribution >= 4 is 27.8 Å². The Labute approximate surface area is 115 Å². The van der Waals surface area contributed by atoms with E-state index in [9.17, 15) is 4.79 Å². The van der Waals surface area contributed by atoms with Crippen molar-refractivity contribution in [2.24, 2.45) is 10.9 Å². The Morgan fingerprint density at radius 2 is 2.22 bits per heavy atom. The van der Waals surface area contributed by atoms with Gasteiger partial charge in [0, 0.05) is 11.0 Å². The molecule has 96 valence electrons. The lowest BCUT2D eigenvalue weighted by molar-refractivity contribution is -0.120. The van der Waals surface area contributed by atoms with Crippen LogP contribution >= 0.6 is 15.9 Å². The summed E-state index contributed by atoms with van der Waals surface area (Å²) in [6.45, 7) is 4.88. The van der Waals surface area contributed by atoms with Crippen molar-refractivity contribution in [3.8, 4) is 0 Å². The van der Waals surface area contributed by atoms with Gasteiger partial charge in [0.1, 0.15) is 6.04 Å². The topological polar surface area (TPSA) is 53.5 Å². The lowest BCUT2D eigenvalue weighted by Gasteiger charge is -2.08. The third-order valence-electron chi connectivity index (χ3n) is 2.58. The molecule has 0 radical (unpaired) electrons. The molecular formula is C13H16BrN3O. The molecule has 1 saturated heterocycles. The summed E-state index contributed by atoms with van der Waals surface area (Å²) in [6.07, 6.45) is 0. The molecule has 1 fully saturated rings. The van der Waals surface area contributed by atoms with Crippen LogP contribution in [0.25, 0.3) is 0 Å². The average Bonchev–Trinajstić information content (AvgIpc) is 2.68. The Morgan fingerprint density at radius 1 is 1.44 bits per heavy atom. The first-order valence-electron chi connectivity index (χ1n) is 5.93. The first-order valence-corrected chi connectivity index (χ1v) is 6.73. The van der Waals surface area contributed by atoms with Gasteiger partial charge in [-0.2, -0.15) is 0 Å². The highest BCUT2D eigenvalue weighted by Crippen LogP contribution is 2.20. The molecule has 0 aromatic heterocycles. The third-order valence-corrected chi connectivity index (χ3v) is 3.07. The molecule has 1 aromatic rings. The van der Waals surface area contributed by atoms with Crippen LogP contribution in [0.2, 0.25) is 0 Å². The summed E-state index contributed by atoms with van der Waals surface area (Å²) in [7, 11) is 0. The van der Waals surface area contributed by atoms with Crippen molar-refractivity contribution < 1.29 is 4.79 Å². The lowest BCUT2D eigenvalue weighted by atomic mass is 10.1. The SMILES string of the molecule is CC(C)CN=C1NC(=O)C(c2cccc(Br)c2)N1. The predicted molar refractivity (Wildman–Crippen MR) is 75.3 cm³/mol. The summed E-state index contributed by atoms with van der Waals surface area (Å²) in [6, 6.07) is 7.35. The van der Waals surface area contributed by atoms with Crippen LogP contribution in [-0.2, 0) is 4.79 Å². The molecule has 2 N–H and O–H groups in total. The maximum absolute atomic E-state index is 11.9. The zero-order chi connectivity index (χ0) is 13.1. The number of amides is 1. The summed E-state index contributed by atoms with van der Waals surface area (Å²) in [5, 5.41) is 5.87. The largest absolute Gasteiger partial charge is 0.340 e. The Morgan fingerprint density at radius 3 is 2.89 bits per heavy atom. The second-order valence-corrected chi connectivity index (χ2v) is 5.62. The van der Waals surface area contributed by atoms with Crippen LogP contribution in [-0.4, -0.2) is 18.4 Å². The highest BCUT2D eigenvalue weighted by molar-refractivity contribution is 9.10. The number of aliphatic imine (C=N–C) groups is 1. The van der Waals surface area contributed by atoms with Crippen molar-refractivity contribution in [2.45, 2.75) is 19.9 Å². The number of nitrogens with one attached hydrogen (secondary N) is 2. The van der Waals surface area contributed by atoms with E-state index in [0.717, 1.165) is 10.0 Å². The molecule has 2 rings (SSSR count). The van der Waals surface area contributed by atoms with Crippen molar-refractivity contribution in [3.05, 3.63) is 34.3 Å². The molecule has 0 saturated carbocycles. The van der Waals surface area contributed by atoms with Crippen LogP contribution in [0.1, 0.15) is 25.5 Å². The van der Waals surface area contributed by atoms with Gasteiger partial charge in [-0.1, -0.05) is 41.9 Å². The normalized spacial score (nSPS) is 21.2. The highest BCUT2D eigenvalue weighted by atomic mass is 79.9. The van der Waals surface area contributed by atoms with Gasteiger partial charge in [-0.05, 0) is 23.6 Å². The molecule has 1 aliphatic heterocycles. The summed E-state index contributed by atoms with van der Waals surface area (Å²) in [4.78, 5) is 16.2. The van der Waals surface area contributed by atoms with Gasteiger partial charge in [0.25, 0.3) is 5.91 Å². The molecular weight excluding hydrogens is 294 g/mol. The molecule has 1 unspecified atom stereocenters. The molecule has 1 aliphatic rings. The molecule has 1 amide bonds. The minimum Gasteiger partial charge on any atom is -0.340 e. The Hall–Kier alpha value is -1.36. The predicted octanol–water partition coefficient (Wildman–Crippen LogP) is 2.22. The van der Waals surface area contributed by atoms with Gasteiger partial charge >= 0.3 is 0 Å². The molecule has 1 atom stereocenters. The number of hydrogen-bond acceptors (Lipinski definition) is 2. The van der Waals surface area contributed by atoms with Gasteiger partial charge in [-0.15, -0.1) is 0 Å². The van der Waals surface area contributed by atoms with Crippen LogP contribution in [0.3, 0.4) is 0 Å². The number of hydrogen-bond donors (Lipinski definition) is 2. The van der Waals surface area contributed by atoms with E-state index in [1.165, 1.54) is 0 Å². The molecule has 0 bridgehead atoms.